The summed E-state index contributed by atoms with van der Waals surface area (Å²) in [7, 11) is 0. The predicted octanol–water partition coefficient (Wildman–Crippen LogP) is 2.75. The molecule has 4 heterocycles. The van der Waals surface area contributed by atoms with Crippen LogP contribution >= 0.6 is 30.1 Å². The Bertz CT molecular complexity index is 1370. The molecule has 1 unspecified atom stereocenters. The van der Waals surface area contributed by atoms with Gasteiger partial charge in [0.25, 0.3) is 5.56 Å². The fourth-order valence-corrected chi connectivity index (χ4v) is 6.59. The highest BCUT2D eigenvalue weighted by Crippen LogP contribution is 2.53. The van der Waals surface area contributed by atoms with Crippen LogP contribution in [0.15, 0.2) is 39.1 Å². The summed E-state index contributed by atoms with van der Waals surface area (Å²) in [6.45, 7) is 6.61. The van der Waals surface area contributed by atoms with Gasteiger partial charge in [0.15, 0.2) is 22.5 Å². The Kier molecular flexibility index (Phi) is 9.51. The number of aliphatic hydroxyl groups is 1. The molecule has 3 aromatic rings. The second-order valence-electron chi connectivity index (χ2n) is 8.45. The fraction of sp³-hybridized carbons (Fsp3) is 0.500. The van der Waals surface area contributed by atoms with E-state index in [1.165, 1.54) is 36.0 Å². The number of hydrogen-bond donors (Lipinski definition) is 4. The van der Waals surface area contributed by atoms with Gasteiger partial charge in [0.1, 0.15) is 18.3 Å². The van der Waals surface area contributed by atoms with Crippen LogP contribution in [-0.2, 0) is 25.6 Å². The first kappa shape index (κ1) is 29.4. The van der Waals surface area contributed by atoms with E-state index in [1.54, 1.807) is 24.3 Å². The summed E-state index contributed by atoms with van der Waals surface area (Å²) in [5, 5.41) is 11.8. The second kappa shape index (κ2) is 12.3. The van der Waals surface area contributed by atoms with Gasteiger partial charge in [0.05, 0.1) is 6.61 Å². The molecular weight excluding hydrogens is 575 g/mol. The smallest absolute Gasteiger partial charge is 0.325 e. The Labute approximate surface area is 233 Å². The van der Waals surface area contributed by atoms with Crippen LogP contribution in [0.5, 0.6) is 0 Å². The molecule has 2 aliphatic heterocycles. The van der Waals surface area contributed by atoms with Crippen molar-refractivity contribution in [3.8, 4) is 0 Å². The highest BCUT2D eigenvalue weighted by atomic mass is 35.5. The van der Waals surface area contributed by atoms with Crippen LogP contribution in [0.1, 0.15) is 27.0 Å². The van der Waals surface area contributed by atoms with Crippen molar-refractivity contribution in [2.75, 3.05) is 32.0 Å². The maximum atomic E-state index is 12.4. The van der Waals surface area contributed by atoms with Crippen molar-refractivity contribution < 1.29 is 23.8 Å². The minimum Gasteiger partial charge on any atom is -0.386 e. The summed E-state index contributed by atoms with van der Waals surface area (Å²) in [6.07, 6.45) is -3.89. The van der Waals surface area contributed by atoms with Crippen molar-refractivity contribution in [1.29, 1.82) is 0 Å². The Morgan fingerprint density at radius 3 is 2.53 bits per heavy atom. The summed E-state index contributed by atoms with van der Waals surface area (Å²) in [4.78, 5) is 36.6. The Morgan fingerprint density at radius 1 is 1.26 bits per heavy atom. The van der Waals surface area contributed by atoms with Gasteiger partial charge in [0.2, 0.25) is 5.95 Å². The summed E-state index contributed by atoms with van der Waals surface area (Å²) < 4.78 is 18.0. The average Bonchev–Trinajstić information content (AvgIpc) is 3.38. The van der Waals surface area contributed by atoms with E-state index in [4.69, 9.17) is 42.9 Å². The third kappa shape index (κ3) is 6.41. The van der Waals surface area contributed by atoms with Crippen LogP contribution in [0.4, 0.5) is 5.95 Å². The lowest BCUT2D eigenvalue weighted by Gasteiger charge is -2.30. The molecule has 2 fully saturated rings. The molecule has 0 radical (unpaired) electrons. The van der Waals surface area contributed by atoms with Crippen molar-refractivity contribution in [3.05, 3.63) is 39.6 Å². The minimum absolute atomic E-state index is 0.0285. The lowest BCUT2D eigenvalue weighted by Crippen LogP contribution is -2.39. The van der Waals surface area contributed by atoms with Crippen molar-refractivity contribution in [2.45, 2.75) is 55.4 Å². The maximum Gasteiger partial charge on any atom is 0.325 e. The number of aromatic amines is 1. The van der Waals surface area contributed by atoms with Gasteiger partial charge in [-0.05, 0) is 55.7 Å². The van der Waals surface area contributed by atoms with Crippen LogP contribution in [0.25, 0.3) is 11.2 Å². The molecule has 38 heavy (non-hydrogen) atoms. The van der Waals surface area contributed by atoms with E-state index >= 15 is 0 Å². The van der Waals surface area contributed by atoms with E-state index in [2.05, 4.69) is 40.6 Å². The number of hydrogen-bond acceptors (Lipinski definition) is 11. The highest BCUT2D eigenvalue weighted by molar-refractivity contribution is 8.07. The van der Waals surface area contributed by atoms with Crippen LogP contribution in [0, 0.1) is 0 Å². The summed E-state index contributed by atoms with van der Waals surface area (Å²) in [5.74, 6) is -0.114. The second-order valence-corrected chi connectivity index (χ2v) is 12.7. The molecular formula is C22H30ClN6O6PS2. The predicted molar refractivity (Wildman–Crippen MR) is 149 cm³/mol. The number of imidazole rings is 1. The Morgan fingerprint density at radius 2 is 1.92 bits per heavy atom. The van der Waals surface area contributed by atoms with E-state index in [-0.39, 0.29) is 23.7 Å². The van der Waals surface area contributed by atoms with Crippen molar-refractivity contribution >= 4 is 59.0 Å². The van der Waals surface area contributed by atoms with Crippen molar-refractivity contribution in [1.82, 2.24) is 24.4 Å². The summed E-state index contributed by atoms with van der Waals surface area (Å²) >= 11 is 12.1. The number of anilines is 1. The number of nitrogens with zero attached hydrogens (tertiary/aromatic N) is 4. The number of nitrogens with two attached hydrogens (primary N) is 1. The molecule has 5 N–H and O–H groups in total. The summed E-state index contributed by atoms with van der Waals surface area (Å²) in [5.41, 5.74) is 5.36. The summed E-state index contributed by atoms with van der Waals surface area (Å²) in [6, 6.07) is 7.00. The molecule has 2 aliphatic rings. The number of ether oxygens (including phenoxy) is 1. The number of fused-ring (bicyclic) bond motifs is 2. The number of rotatable bonds is 6. The SMILES string of the molecule is CCN(CC)CC.Nc1nc2c(nc(Sc3ccc(Cl)cc3)n2[C@@H]2O[C@@H]3COP(O)(=S)O[C@H]3[C@H]2O)c(=O)[nH]1. The largest absolute Gasteiger partial charge is 0.386 e. The number of H-pyrrole nitrogens is 1. The zero-order valence-electron chi connectivity index (χ0n) is 21.0. The molecule has 5 atom stereocenters. The van der Waals surface area contributed by atoms with Gasteiger partial charge in [-0.15, -0.1) is 0 Å². The first-order chi connectivity index (χ1) is 18.1. The van der Waals surface area contributed by atoms with Crippen LogP contribution in [-0.4, -0.2) is 79.0 Å². The number of nitrogen functional groups attached to an aromatic ring is 1. The molecule has 0 bridgehead atoms. The van der Waals surface area contributed by atoms with Gasteiger partial charge in [-0.1, -0.05) is 44.1 Å². The quantitative estimate of drug-likeness (QED) is 0.305. The van der Waals surface area contributed by atoms with E-state index in [0.29, 0.717) is 10.2 Å². The van der Waals surface area contributed by atoms with Crippen LogP contribution < -0.4 is 11.3 Å². The molecule has 0 saturated carbocycles. The maximum absolute atomic E-state index is 12.4. The zero-order chi connectivity index (χ0) is 27.6. The number of nitrogens with one attached hydrogen (secondary N) is 1. The van der Waals surface area contributed by atoms with Gasteiger partial charge < -0.3 is 29.9 Å². The molecule has 2 aromatic heterocycles. The van der Waals surface area contributed by atoms with E-state index in [1.807, 2.05) is 0 Å². The Balaban J connectivity index is 0.000000426. The van der Waals surface area contributed by atoms with Crippen molar-refractivity contribution in [2.24, 2.45) is 0 Å². The standard InChI is InChI=1S/C16H15ClN5O6PS2.C6H15N/c17-6-1-3-7(4-2-6)31-16-19-9-12(20-15(18)21-13(9)24)22(16)14-10(23)11-8(27-14)5-26-29(25,30)28-11;1-4-7(5-2)6-3/h1-4,8,10-11,14,23H,5H2,(H,25,30)(H3,18,20,21,24);4-6H2,1-3H3/t8-,10-,11-,14-,29?;/m1./s1. The molecule has 12 nitrogen and oxygen atoms in total. The first-order valence-corrected chi connectivity index (χ1v) is 15.8. The van der Waals surface area contributed by atoms with Crippen LogP contribution in [0.3, 0.4) is 0 Å². The monoisotopic (exact) mass is 604 g/mol. The van der Waals surface area contributed by atoms with Gasteiger partial charge in [0, 0.05) is 9.92 Å². The van der Waals surface area contributed by atoms with E-state index < -0.39 is 36.8 Å². The number of benzene rings is 1. The Hall–Kier alpha value is -1.58. The molecule has 5 rings (SSSR count). The average molecular weight is 605 g/mol. The molecule has 1 aromatic carbocycles. The van der Waals surface area contributed by atoms with Gasteiger partial charge in [-0.2, -0.15) is 4.98 Å². The molecule has 0 spiro atoms. The van der Waals surface area contributed by atoms with E-state index in [0.717, 1.165) is 4.90 Å². The zero-order valence-corrected chi connectivity index (χ0v) is 24.3. The normalized spacial score (nSPS) is 26.8. The van der Waals surface area contributed by atoms with Gasteiger partial charge in [-0.3, -0.25) is 18.9 Å². The minimum atomic E-state index is -3.47. The van der Waals surface area contributed by atoms with Crippen LogP contribution in [0.2, 0.25) is 5.02 Å². The lowest BCUT2D eigenvalue weighted by atomic mass is 10.1. The van der Waals surface area contributed by atoms with E-state index in [9.17, 15) is 14.8 Å². The topological polar surface area (TPSA) is 161 Å². The van der Waals surface area contributed by atoms with Crippen molar-refractivity contribution in [3.63, 3.8) is 0 Å². The first-order valence-electron chi connectivity index (χ1n) is 12.0. The molecule has 208 valence electrons. The van der Waals surface area contributed by atoms with Gasteiger partial charge in [-0.25, -0.2) is 4.98 Å². The molecule has 2 saturated heterocycles. The third-order valence-corrected chi connectivity index (χ3v) is 8.91. The number of aromatic nitrogens is 4. The fourth-order valence-electron chi connectivity index (χ4n) is 4.11. The molecule has 0 amide bonds. The lowest BCUT2D eigenvalue weighted by molar-refractivity contribution is -0.0619. The highest BCUT2D eigenvalue weighted by Gasteiger charge is 2.52. The number of halogens is 1. The number of aliphatic hydroxyl groups excluding tert-OH is 1. The molecule has 16 heteroatoms. The van der Waals surface area contributed by atoms with Gasteiger partial charge >= 0.3 is 6.72 Å². The third-order valence-electron chi connectivity index (χ3n) is 6.12. The molecule has 0 aliphatic carbocycles.